The maximum atomic E-state index is 11.2. The number of nitrogens with two attached hydrogens (primary N) is 1. The van der Waals surface area contributed by atoms with Gasteiger partial charge in [-0.3, -0.25) is 4.79 Å². The summed E-state index contributed by atoms with van der Waals surface area (Å²) < 4.78 is 11.8. The molecule has 0 aliphatic heterocycles. The molecule has 0 aliphatic carbocycles. The first-order chi connectivity index (χ1) is 15.4. The molecule has 0 aliphatic rings. The Hall–Kier alpha value is -3.57. The largest absolute Gasteiger partial charge is 0.489 e. The lowest BCUT2D eigenvalue weighted by Crippen LogP contribution is -2.16. The molecule has 5 heteroatoms. The summed E-state index contributed by atoms with van der Waals surface area (Å²) in [5.41, 5.74) is 11.9. The lowest BCUT2D eigenvalue weighted by atomic mass is 9.93. The molecule has 5 nitrogen and oxygen atoms in total. The van der Waals surface area contributed by atoms with E-state index >= 15 is 0 Å². The van der Waals surface area contributed by atoms with Crippen molar-refractivity contribution in [2.24, 2.45) is 11.7 Å². The minimum Gasteiger partial charge on any atom is -0.489 e. The van der Waals surface area contributed by atoms with E-state index in [1.165, 1.54) is 0 Å². The van der Waals surface area contributed by atoms with Crippen LogP contribution in [-0.2, 0) is 17.8 Å². The van der Waals surface area contributed by atoms with E-state index in [2.05, 4.69) is 38.1 Å². The Labute approximate surface area is 187 Å². The molecule has 32 heavy (non-hydrogen) atoms. The standard InChI is InChI=1S/C27H27NO4/c1-17(2)26(28)21-8-5-7-19(14-21)23-13-18(12-22-10-11-31-27(22)23)16-32-24-9-4-3-6-20(24)15-25(29)30/h3-14,17,26H,15-16,28H2,1-2H3,(H,29,30). The molecule has 0 saturated carbocycles. The van der Waals surface area contributed by atoms with Gasteiger partial charge in [-0.15, -0.1) is 0 Å². The number of carboxylic acids is 1. The van der Waals surface area contributed by atoms with E-state index in [-0.39, 0.29) is 12.5 Å². The fourth-order valence-electron chi connectivity index (χ4n) is 3.85. The molecule has 4 aromatic rings. The van der Waals surface area contributed by atoms with Crippen LogP contribution < -0.4 is 10.5 Å². The summed E-state index contributed by atoms with van der Waals surface area (Å²) in [6.45, 7) is 4.54. The van der Waals surface area contributed by atoms with Crippen LogP contribution in [-0.4, -0.2) is 11.1 Å². The van der Waals surface area contributed by atoms with Gasteiger partial charge in [-0.25, -0.2) is 0 Å². The van der Waals surface area contributed by atoms with Crippen LogP contribution >= 0.6 is 0 Å². The van der Waals surface area contributed by atoms with Gasteiger partial charge >= 0.3 is 5.97 Å². The van der Waals surface area contributed by atoms with Crippen LogP contribution in [0.25, 0.3) is 22.1 Å². The highest BCUT2D eigenvalue weighted by Crippen LogP contribution is 2.33. The highest BCUT2D eigenvalue weighted by atomic mass is 16.5. The lowest BCUT2D eigenvalue weighted by Gasteiger charge is -2.17. The Balaban J connectivity index is 1.67. The number of carbonyl (C=O) groups is 1. The number of hydrogen-bond acceptors (Lipinski definition) is 4. The quantitative estimate of drug-likeness (QED) is 0.361. The van der Waals surface area contributed by atoms with E-state index in [9.17, 15) is 4.79 Å². The van der Waals surface area contributed by atoms with Gasteiger partial charge in [-0.2, -0.15) is 0 Å². The molecule has 164 valence electrons. The summed E-state index contributed by atoms with van der Waals surface area (Å²) in [6, 6.07) is 21.5. The highest BCUT2D eigenvalue weighted by molar-refractivity contribution is 5.93. The molecule has 4 rings (SSSR count). The van der Waals surface area contributed by atoms with Gasteiger partial charge in [0.2, 0.25) is 0 Å². The SMILES string of the molecule is CC(C)C(N)c1cccc(-c2cc(COc3ccccc3CC(=O)O)cc3ccoc23)c1. The summed E-state index contributed by atoms with van der Waals surface area (Å²) in [7, 11) is 0. The molecule has 3 aromatic carbocycles. The molecule has 1 unspecified atom stereocenters. The van der Waals surface area contributed by atoms with Crippen LogP contribution in [0.4, 0.5) is 0 Å². The number of hydrogen-bond donors (Lipinski definition) is 2. The number of benzene rings is 3. The van der Waals surface area contributed by atoms with Gasteiger partial charge in [0.05, 0.1) is 12.7 Å². The second-order valence-corrected chi connectivity index (χ2v) is 8.34. The normalized spacial score (nSPS) is 12.2. The van der Waals surface area contributed by atoms with Crippen LogP contribution in [0.15, 0.2) is 77.4 Å². The predicted octanol–water partition coefficient (Wildman–Crippen LogP) is 5.96. The van der Waals surface area contributed by atoms with Crippen LogP contribution in [0.3, 0.4) is 0 Å². The number of aliphatic carboxylic acids is 1. The van der Waals surface area contributed by atoms with Crippen LogP contribution in [0.2, 0.25) is 0 Å². The smallest absolute Gasteiger partial charge is 0.307 e. The predicted molar refractivity (Wildman–Crippen MR) is 126 cm³/mol. The van der Waals surface area contributed by atoms with Crippen molar-refractivity contribution in [2.75, 3.05) is 0 Å². The maximum absolute atomic E-state index is 11.2. The molecule has 0 saturated heterocycles. The Morgan fingerprint density at radius 2 is 1.88 bits per heavy atom. The molecule has 1 heterocycles. The third-order valence-electron chi connectivity index (χ3n) is 5.62. The number of furan rings is 1. The Morgan fingerprint density at radius 1 is 1.06 bits per heavy atom. The fourth-order valence-corrected chi connectivity index (χ4v) is 3.85. The van der Waals surface area contributed by atoms with Crippen molar-refractivity contribution in [1.29, 1.82) is 0 Å². The van der Waals surface area contributed by atoms with Crippen molar-refractivity contribution < 1.29 is 19.1 Å². The monoisotopic (exact) mass is 429 g/mol. The highest BCUT2D eigenvalue weighted by Gasteiger charge is 2.15. The third-order valence-corrected chi connectivity index (χ3v) is 5.62. The van der Waals surface area contributed by atoms with Crippen molar-refractivity contribution in [3.8, 4) is 16.9 Å². The van der Waals surface area contributed by atoms with Crippen LogP contribution in [0.5, 0.6) is 5.75 Å². The summed E-state index contributed by atoms with van der Waals surface area (Å²) in [5, 5.41) is 10.1. The Morgan fingerprint density at radius 3 is 2.66 bits per heavy atom. The minimum absolute atomic E-state index is 0.0423. The van der Waals surface area contributed by atoms with Crippen molar-refractivity contribution in [1.82, 2.24) is 0 Å². The summed E-state index contributed by atoms with van der Waals surface area (Å²) >= 11 is 0. The molecule has 0 bridgehead atoms. The van der Waals surface area contributed by atoms with E-state index in [1.54, 1.807) is 18.4 Å². The zero-order valence-corrected chi connectivity index (χ0v) is 18.2. The topological polar surface area (TPSA) is 85.7 Å². The lowest BCUT2D eigenvalue weighted by molar-refractivity contribution is -0.136. The average Bonchev–Trinajstić information content (AvgIpc) is 3.26. The van der Waals surface area contributed by atoms with Crippen LogP contribution in [0.1, 0.15) is 36.6 Å². The number of para-hydroxylation sites is 1. The van der Waals surface area contributed by atoms with E-state index in [4.69, 9.17) is 20.0 Å². The van der Waals surface area contributed by atoms with Crippen LogP contribution in [0, 0.1) is 5.92 Å². The summed E-state index contributed by atoms with van der Waals surface area (Å²) in [5.74, 6) is 0.0239. The molecule has 0 fully saturated rings. The second kappa shape index (κ2) is 9.28. The molecule has 0 spiro atoms. The van der Waals surface area contributed by atoms with E-state index in [0.717, 1.165) is 33.2 Å². The first-order valence-electron chi connectivity index (χ1n) is 10.7. The first-order valence-corrected chi connectivity index (χ1v) is 10.7. The maximum Gasteiger partial charge on any atom is 0.307 e. The van der Waals surface area contributed by atoms with Crippen molar-refractivity contribution >= 4 is 16.9 Å². The minimum atomic E-state index is -0.886. The van der Waals surface area contributed by atoms with E-state index in [1.807, 2.05) is 30.3 Å². The number of fused-ring (bicyclic) bond motifs is 1. The van der Waals surface area contributed by atoms with Gasteiger partial charge in [0.15, 0.2) is 0 Å². The van der Waals surface area contributed by atoms with Crippen molar-refractivity contribution in [2.45, 2.75) is 32.9 Å². The number of rotatable bonds is 8. The zero-order valence-electron chi connectivity index (χ0n) is 18.2. The van der Waals surface area contributed by atoms with Crippen molar-refractivity contribution in [3.05, 3.63) is 89.7 Å². The fraction of sp³-hybridized carbons (Fsp3) is 0.222. The van der Waals surface area contributed by atoms with Gasteiger partial charge in [0, 0.05) is 22.6 Å². The van der Waals surface area contributed by atoms with E-state index in [0.29, 0.717) is 23.8 Å². The number of ether oxygens (including phenoxy) is 1. The molecular formula is C27H27NO4. The zero-order chi connectivity index (χ0) is 22.7. The molecule has 1 atom stereocenters. The average molecular weight is 430 g/mol. The Kier molecular flexibility index (Phi) is 6.28. The third kappa shape index (κ3) is 4.68. The number of carboxylic acid groups (broad SMARTS) is 1. The Bertz CT molecular complexity index is 1240. The molecule has 0 amide bonds. The molecular weight excluding hydrogens is 402 g/mol. The van der Waals surface area contributed by atoms with Gasteiger partial charge in [-0.1, -0.05) is 50.2 Å². The molecule has 0 radical (unpaired) electrons. The van der Waals surface area contributed by atoms with E-state index < -0.39 is 5.97 Å². The van der Waals surface area contributed by atoms with Gasteiger partial charge in [0.1, 0.15) is 17.9 Å². The van der Waals surface area contributed by atoms with Gasteiger partial charge in [-0.05, 0) is 52.9 Å². The summed E-state index contributed by atoms with van der Waals surface area (Å²) in [4.78, 5) is 11.2. The van der Waals surface area contributed by atoms with Gasteiger partial charge in [0.25, 0.3) is 0 Å². The first kappa shape index (κ1) is 21.7. The summed E-state index contributed by atoms with van der Waals surface area (Å²) in [6.07, 6.45) is 1.61. The van der Waals surface area contributed by atoms with Gasteiger partial charge < -0.3 is 20.0 Å². The second-order valence-electron chi connectivity index (χ2n) is 8.34. The molecule has 3 N–H and O–H groups in total. The molecule has 1 aromatic heterocycles. The van der Waals surface area contributed by atoms with Crippen molar-refractivity contribution in [3.63, 3.8) is 0 Å².